The summed E-state index contributed by atoms with van der Waals surface area (Å²) in [7, 11) is 0. The Morgan fingerprint density at radius 1 is 1.26 bits per heavy atom. The van der Waals surface area contributed by atoms with Crippen LogP contribution in [0, 0.1) is 0 Å². The Morgan fingerprint density at radius 2 is 2.05 bits per heavy atom. The fourth-order valence-corrected chi connectivity index (χ4v) is 1.47. The van der Waals surface area contributed by atoms with Crippen molar-refractivity contribution in [1.29, 1.82) is 0 Å². The molecular formula is C14H13N3O2. The summed E-state index contributed by atoms with van der Waals surface area (Å²) in [4.78, 5) is 15.6. The van der Waals surface area contributed by atoms with Crippen molar-refractivity contribution in [3.63, 3.8) is 0 Å². The molecule has 2 N–H and O–H groups in total. The first-order valence-corrected chi connectivity index (χ1v) is 5.73. The minimum Gasteiger partial charge on any atom is -0.378 e. The van der Waals surface area contributed by atoms with Crippen LogP contribution in [0.15, 0.2) is 60.0 Å². The van der Waals surface area contributed by atoms with Crippen LogP contribution < -0.4 is 5.43 Å². The number of hydrazone groups is 1. The largest absolute Gasteiger partial charge is 0.378 e. The maximum Gasteiger partial charge on any atom is 0.273 e. The number of aliphatic hydroxyl groups is 1. The van der Waals surface area contributed by atoms with Crippen LogP contribution in [0.2, 0.25) is 0 Å². The van der Waals surface area contributed by atoms with Gasteiger partial charge < -0.3 is 5.11 Å². The second-order valence-corrected chi connectivity index (χ2v) is 3.83. The Kier molecular flexibility index (Phi) is 4.36. The van der Waals surface area contributed by atoms with Crippen molar-refractivity contribution in [2.45, 2.75) is 6.10 Å². The number of nitrogens with zero attached hydrogens (tertiary/aromatic N) is 2. The van der Waals surface area contributed by atoms with Gasteiger partial charge in [-0.25, -0.2) is 5.43 Å². The first kappa shape index (κ1) is 12.9. The molecule has 5 nitrogen and oxygen atoms in total. The minimum atomic E-state index is -1.23. The van der Waals surface area contributed by atoms with Crippen LogP contribution in [0.3, 0.4) is 0 Å². The van der Waals surface area contributed by atoms with Gasteiger partial charge in [0.25, 0.3) is 5.91 Å². The lowest BCUT2D eigenvalue weighted by atomic mass is 10.1. The average Bonchev–Trinajstić information content (AvgIpc) is 2.48. The monoisotopic (exact) mass is 255 g/mol. The number of hydrogen-bond donors (Lipinski definition) is 2. The van der Waals surface area contributed by atoms with Gasteiger partial charge in [0.1, 0.15) is 0 Å². The van der Waals surface area contributed by atoms with Crippen LogP contribution in [0.4, 0.5) is 0 Å². The Bertz CT molecular complexity index is 555. The van der Waals surface area contributed by atoms with Crippen LogP contribution >= 0.6 is 0 Å². The Balaban J connectivity index is 1.93. The van der Waals surface area contributed by atoms with Crippen LogP contribution in [0.5, 0.6) is 0 Å². The fraction of sp³-hybridized carbons (Fsp3) is 0.0714. The average molecular weight is 255 g/mol. The van der Waals surface area contributed by atoms with Gasteiger partial charge in [0, 0.05) is 18.0 Å². The van der Waals surface area contributed by atoms with Crippen molar-refractivity contribution in [3.05, 3.63) is 66.0 Å². The van der Waals surface area contributed by atoms with Gasteiger partial charge in [-0.1, -0.05) is 36.4 Å². The molecule has 0 fully saturated rings. The lowest BCUT2D eigenvalue weighted by Crippen LogP contribution is -2.25. The molecule has 19 heavy (non-hydrogen) atoms. The van der Waals surface area contributed by atoms with Gasteiger partial charge in [-0.3, -0.25) is 9.78 Å². The van der Waals surface area contributed by atoms with Crippen molar-refractivity contribution >= 4 is 12.1 Å². The van der Waals surface area contributed by atoms with Crippen LogP contribution in [0.1, 0.15) is 17.2 Å². The number of aromatic nitrogens is 1. The second-order valence-electron chi connectivity index (χ2n) is 3.83. The van der Waals surface area contributed by atoms with Crippen LogP contribution in [-0.4, -0.2) is 22.2 Å². The SMILES string of the molecule is O=C(NN=Cc1cccnc1)C(O)c1ccccc1. The van der Waals surface area contributed by atoms with Crippen molar-refractivity contribution in [2.24, 2.45) is 5.10 Å². The van der Waals surface area contributed by atoms with E-state index in [2.05, 4.69) is 15.5 Å². The molecule has 2 rings (SSSR count). The van der Waals surface area contributed by atoms with E-state index in [0.717, 1.165) is 5.56 Å². The normalized spacial score (nSPS) is 12.3. The fourth-order valence-electron chi connectivity index (χ4n) is 1.47. The van der Waals surface area contributed by atoms with E-state index in [0.29, 0.717) is 5.56 Å². The van der Waals surface area contributed by atoms with E-state index in [1.807, 2.05) is 6.07 Å². The number of pyridine rings is 1. The summed E-state index contributed by atoms with van der Waals surface area (Å²) in [5, 5.41) is 13.6. The predicted molar refractivity (Wildman–Crippen MR) is 71.4 cm³/mol. The van der Waals surface area contributed by atoms with Crippen molar-refractivity contribution < 1.29 is 9.90 Å². The van der Waals surface area contributed by atoms with Crippen molar-refractivity contribution in [3.8, 4) is 0 Å². The summed E-state index contributed by atoms with van der Waals surface area (Å²) >= 11 is 0. The third kappa shape index (κ3) is 3.72. The molecule has 2 aromatic rings. The highest BCUT2D eigenvalue weighted by Gasteiger charge is 2.15. The smallest absolute Gasteiger partial charge is 0.273 e. The number of aliphatic hydroxyl groups excluding tert-OH is 1. The molecule has 1 amide bonds. The molecule has 1 atom stereocenters. The number of benzene rings is 1. The van der Waals surface area contributed by atoms with Gasteiger partial charge in [-0.15, -0.1) is 0 Å². The standard InChI is InChI=1S/C14H13N3O2/c18-13(12-6-2-1-3-7-12)14(19)17-16-10-11-5-4-8-15-9-11/h1-10,13,18H,(H,17,19). The number of hydrogen-bond acceptors (Lipinski definition) is 4. The quantitative estimate of drug-likeness (QED) is 0.638. The summed E-state index contributed by atoms with van der Waals surface area (Å²) in [5.74, 6) is -0.577. The number of nitrogens with one attached hydrogen (secondary N) is 1. The molecule has 1 aromatic heterocycles. The molecular weight excluding hydrogens is 242 g/mol. The number of rotatable bonds is 4. The first-order chi connectivity index (χ1) is 9.27. The third-order valence-corrected chi connectivity index (χ3v) is 2.44. The van der Waals surface area contributed by atoms with E-state index < -0.39 is 12.0 Å². The number of carbonyl (C=O) groups is 1. The Morgan fingerprint density at radius 3 is 2.74 bits per heavy atom. The van der Waals surface area contributed by atoms with E-state index in [-0.39, 0.29) is 0 Å². The molecule has 96 valence electrons. The van der Waals surface area contributed by atoms with Gasteiger partial charge >= 0.3 is 0 Å². The highest BCUT2D eigenvalue weighted by Crippen LogP contribution is 2.11. The van der Waals surface area contributed by atoms with Gasteiger partial charge in [0.05, 0.1) is 6.21 Å². The minimum absolute atomic E-state index is 0.525. The van der Waals surface area contributed by atoms with Crippen molar-refractivity contribution in [2.75, 3.05) is 0 Å². The number of carbonyl (C=O) groups excluding carboxylic acids is 1. The summed E-state index contributed by atoms with van der Waals surface area (Å²) in [6, 6.07) is 12.2. The molecule has 0 aliphatic heterocycles. The molecule has 1 heterocycles. The molecule has 0 bridgehead atoms. The maximum absolute atomic E-state index is 11.6. The molecule has 0 spiro atoms. The zero-order chi connectivity index (χ0) is 13.5. The van der Waals surface area contributed by atoms with E-state index in [1.54, 1.807) is 48.8 Å². The third-order valence-electron chi connectivity index (χ3n) is 2.44. The van der Waals surface area contributed by atoms with Gasteiger partial charge in [-0.05, 0) is 11.6 Å². The van der Waals surface area contributed by atoms with Gasteiger partial charge in [-0.2, -0.15) is 5.10 Å². The highest BCUT2D eigenvalue weighted by molar-refractivity contribution is 5.84. The summed E-state index contributed by atoms with van der Waals surface area (Å²) in [6.45, 7) is 0. The number of amides is 1. The summed E-state index contributed by atoms with van der Waals surface area (Å²) in [5.41, 5.74) is 3.57. The lowest BCUT2D eigenvalue weighted by molar-refractivity contribution is -0.129. The van der Waals surface area contributed by atoms with Crippen LogP contribution in [0.25, 0.3) is 0 Å². The zero-order valence-electron chi connectivity index (χ0n) is 10.1. The van der Waals surface area contributed by atoms with E-state index >= 15 is 0 Å². The topological polar surface area (TPSA) is 74.6 Å². The van der Waals surface area contributed by atoms with E-state index in [4.69, 9.17) is 0 Å². The Hall–Kier alpha value is -2.53. The van der Waals surface area contributed by atoms with E-state index in [9.17, 15) is 9.90 Å². The maximum atomic E-state index is 11.6. The zero-order valence-corrected chi connectivity index (χ0v) is 10.1. The molecule has 0 saturated carbocycles. The molecule has 1 unspecified atom stereocenters. The van der Waals surface area contributed by atoms with Gasteiger partial charge in [0.15, 0.2) is 6.10 Å². The molecule has 5 heteroatoms. The second kappa shape index (κ2) is 6.42. The molecule has 1 aromatic carbocycles. The van der Waals surface area contributed by atoms with E-state index in [1.165, 1.54) is 6.21 Å². The van der Waals surface area contributed by atoms with Gasteiger partial charge in [0.2, 0.25) is 0 Å². The first-order valence-electron chi connectivity index (χ1n) is 5.73. The molecule has 0 aliphatic rings. The highest BCUT2D eigenvalue weighted by atomic mass is 16.3. The summed E-state index contributed by atoms with van der Waals surface area (Å²) in [6.07, 6.45) is 3.49. The van der Waals surface area contributed by atoms with Crippen molar-refractivity contribution in [1.82, 2.24) is 10.4 Å². The van der Waals surface area contributed by atoms with Crippen LogP contribution in [-0.2, 0) is 4.79 Å². The summed E-state index contributed by atoms with van der Waals surface area (Å²) < 4.78 is 0. The lowest BCUT2D eigenvalue weighted by Gasteiger charge is -2.08. The molecule has 0 radical (unpaired) electrons. The Labute approximate surface area is 110 Å². The predicted octanol–water partition coefficient (Wildman–Crippen LogP) is 1.27. The molecule has 0 aliphatic carbocycles. The molecule has 0 saturated heterocycles.